The van der Waals surface area contributed by atoms with Gasteiger partial charge in [-0.1, -0.05) is 12.2 Å². The lowest BCUT2D eigenvalue weighted by Gasteiger charge is -2.36. The average Bonchev–Trinajstić information content (AvgIpc) is 2.75. The van der Waals surface area contributed by atoms with Gasteiger partial charge in [0, 0.05) is 18.6 Å². The summed E-state index contributed by atoms with van der Waals surface area (Å²) >= 11 is 0. The van der Waals surface area contributed by atoms with Gasteiger partial charge in [0.15, 0.2) is 0 Å². The van der Waals surface area contributed by atoms with Crippen LogP contribution < -0.4 is 0 Å². The van der Waals surface area contributed by atoms with Crippen LogP contribution in [0, 0.1) is 0 Å². The van der Waals surface area contributed by atoms with Gasteiger partial charge in [0.25, 0.3) is 0 Å². The van der Waals surface area contributed by atoms with Crippen LogP contribution in [0.3, 0.4) is 0 Å². The predicted molar refractivity (Wildman–Crippen MR) is 49.2 cm³/mol. The maximum absolute atomic E-state index is 5.49. The fraction of sp³-hybridized carbons (Fsp3) is 0.800. The molecule has 1 heterocycles. The van der Waals surface area contributed by atoms with E-state index in [1.807, 2.05) is 0 Å². The molecule has 0 aromatic rings. The molecule has 2 fully saturated rings. The van der Waals surface area contributed by atoms with Crippen LogP contribution in [0.25, 0.3) is 0 Å². The van der Waals surface area contributed by atoms with Crippen LogP contribution in [0.4, 0.5) is 0 Å². The van der Waals surface area contributed by atoms with Gasteiger partial charge in [-0.25, -0.2) is 0 Å². The summed E-state index contributed by atoms with van der Waals surface area (Å²) in [5.41, 5.74) is 1.69. The van der Waals surface area contributed by atoms with E-state index in [-0.39, 0.29) is 0 Å². The van der Waals surface area contributed by atoms with Crippen molar-refractivity contribution < 1.29 is 4.74 Å². The third-order valence-electron chi connectivity index (χ3n) is 2.84. The topological polar surface area (TPSA) is 12.5 Å². The third kappa shape index (κ3) is 1.41. The van der Waals surface area contributed by atoms with Gasteiger partial charge in [-0.15, -0.1) is 0 Å². The quantitative estimate of drug-likeness (QED) is 0.577. The zero-order valence-electron chi connectivity index (χ0n) is 7.81. The molecule has 0 aromatic heterocycles. The Morgan fingerprint density at radius 3 is 2.92 bits per heavy atom. The van der Waals surface area contributed by atoms with Crippen LogP contribution >= 0.6 is 0 Å². The van der Waals surface area contributed by atoms with Gasteiger partial charge in [0.1, 0.15) is 0 Å². The highest BCUT2D eigenvalue weighted by atomic mass is 16.5. The van der Waals surface area contributed by atoms with E-state index in [2.05, 4.69) is 18.4 Å². The van der Waals surface area contributed by atoms with Crippen molar-refractivity contribution in [1.29, 1.82) is 0 Å². The Bertz CT molecular complexity index is 196. The number of hydrogen-bond acceptors (Lipinski definition) is 2. The fourth-order valence-electron chi connectivity index (χ4n) is 1.94. The van der Waals surface area contributed by atoms with Gasteiger partial charge < -0.3 is 4.74 Å². The average molecular weight is 167 g/mol. The van der Waals surface area contributed by atoms with Gasteiger partial charge >= 0.3 is 0 Å². The van der Waals surface area contributed by atoms with Crippen molar-refractivity contribution in [2.45, 2.75) is 25.3 Å². The van der Waals surface area contributed by atoms with E-state index in [9.17, 15) is 0 Å². The summed E-state index contributed by atoms with van der Waals surface area (Å²) in [5.74, 6) is 0. The SMILES string of the molecule is C=C(C)CN1CCOCC12CC2. The molecular weight excluding hydrogens is 150 g/mol. The van der Waals surface area contributed by atoms with Gasteiger partial charge in [-0.05, 0) is 19.8 Å². The Morgan fingerprint density at radius 1 is 1.58 bits per heavy atom. The smallest absolute Gasteiger partial charge is 0.0651 e. The summed E-state index contributed by atoms with van der Waals surface area (Å²) in [6.07, 6.45) is 2.64. The Balaban J connectivity index is 1.97. The summed E-state index contributed by atoms with van der Waals surface area (Å²) < 4.78 is 5.49. The van der Waals surface area contributed by atoms with Crippen molar-refractivity contribution >= 4 is 0 Å². The first-order valence-corrected chi connectivity index (χ1v) is 4.70. The summed E-state index contributed by atoms with van der Waals surface area (Å²) in [5, 5.41) is 0. The molecule has 0 unspecified atom stereocenters. The third-order valence-corrected chi connectivity index (χ3v) is 2.84. The van der Waals surface area contributed by atoms with Gasteiger partial charge in [0.05, 0.1) is 13.2 Å². The number of nitrogens with zero attached hydrogens (tertiary/aromatic N) is 1. The van der Waals surface area contributed by atoms with E-state index >= 15 is 0 Å². The number of morpholine rings is 1. The maximum Gasteiger partial charge on any atom is 0.0651 e. The molecule has 1 aliphatic carbocycles. The molecule has 1 saturated carbocycles. The van der Waals surface area contributed by atoms with Crippen molar-refractivity contribution in [3.05, 3.63) is 12.2 Å². The van der Waals surface area contributed by atoms with Gasteiger partial charge in [-0.3, -0.25) is 4.90 Å². The Morgan fingerprint density at radius 2 is 2.33 bits per heavy atom. The maximum atomic E-state index is 5.49. The van der Waals surface area contributed by atoms with Crippen LogP contribution in [0.5, 0.6) is 0 Å². The molecule has 0 atom stereocenters. The first-order chi connectivity index (χ1) is 5.73. The standard InChI is InChI=1S/C10H17NO/c1-9(2)7-11-5-6-12-8-10(11)3-4-10/h1,3-8H2,2H3. The van der Waals surface area contributed by atoms with E-state index in [4.69, 9.17) is 4.74 Å². The van der Waals surface area contributed by atoms with Crippen molar-refractivity contribution in [2.24, 2.45) is 0 Å². The first kappa shape index (κ1) is 8.27. The zero-order valence-corrected chi connectivity index (χ0v) is 7.81. The molecule has 0 N–H and O–H groups in total. The molecule has 0 amide bonds. The fourth-order valence-corrected chi connectivity index (χ4v) is 1.94. The highest BCUT2D eigenvalue weighted by Gasteiger charge is 2.49. The molecule has 2 heteroatoms. The minimum absolute atomic E-state index is 0.428. The van der Waals surface area contributed by atoms with Crippen LogP contribution in [0.2, 0.25) is 0 Å². The molecule has 0 bridgehead atoms. The molecule has 1 aliphatic heterocycles. The van der Waals surface area contributed by atoms with Gasteiger partial charge in [0.2, 0.25) is 0 Å². The monoisotopic (exact) mass is 167 g/mol. The predicted octanol–water partition coefficient (Wildman–Crippen LogP) is 1.43. The van der Waals surface area contributed by atoms with Crippen molar-refractivity contribution in [1.82, 2.24) is 4.90 Å². The second kappa shape index (κ2) is 2.86. The molecule has 1 saturated heterocycles. The van der Waals surface area contributed by atoms with Crippen molar-refractivity contribution in [3.8, 4) is 0 Å². The summed E-state index contributed by atoms with van der Waals surface area (Å²) in [6.45, 7) is 10.1. The summed E-state index contributed by atoms with van der Waals surface area (Å²) in [4.78, 5) is 2.54. The van der Waals surface area contributed by atoms with E-state index in [0.717, 1.165) is 26.3 Å². The lowest BCUT2D eigenvalue weighted by molar-refractivity contribution is -0.0154. The van der Waals surface area contributed by atoms with Crippen LogP contribution in [-0.4, -0.2) is 36.7 Å². The summed E-state index contributed by atoms with van der Waals surface area (Å²) in [7, 11) is 0. The molecule has 0 radical (unpaired) electrons. The molecular formula is C10H17NO. The molecule has 12 heavy (non-hydrogen) atoms. The zero-order chi connectivity index (χ0) is 8.60. The van der Waals surface area contributed by atoms with Crippen molar-refractivity contribution in [2.75, 3.05) is 26.3 Å². The van der Waals surface area contributed by atoms with Crippen LogP contribution in [0.1, 0.15) is 19.8 Å². The molecule has 2 nitrogen and oxygen atoms in total. The van der Waals surface area contributed by atoms with E-state index in [1.165, 1.54) is 18.4 Å². The second-order valence-corrected chi connectivity index (χ2v) is 4.16. The molecule has 2 aliphatic rings. The minimum atomic E-state index is 0.428. The number of hydrogen-bond donors (Lipinski definition) is 0. The van der Waals surface area contributed by atoms with E-state index in [1.54, 1.807) is 0 Å². The lowest BCUT2D eigenvalue weighted by atomic mass is 10.2. The largest absolute Gasteiger partial charge is 0.378 e. The van der Waals surface area contributed by atoms with E-state index < -0.39 is 0 Å². The highest BCUT2D eigenvalue weighted by molar-refractivity contribution is 5.08. The molecule has 68 valence electrons. The minimum Gasteiger partial charge on any atom is -0.378 e. The second-order valence-electron chi connectivity index (χ2n) is 4.16. The van der Waals surface area contributed by atoms with Gasteiger partial charge in [-0.2, -0.15) is 0 Å². The van der Waals surface area contributed by atoms with Crippen LogP contribution in [0.15, 0.2) is 12.2 Å². The molecule has 2 rings (SSSR count). The molecule has 0 aromatic carbocycles. The Hall–Kier alpha value is -0.340. The highest BCUT2D eigenvalue weighted by Crippen LogP contribution is 2.43. The molecule has 1 spiro atoms. The first-order valence-electron chi connectivity index (χ1n) is 4.70. The van der Waals surface area contributed by atoms with Crippen LogP contribution in [-0.2, 0) is 4.74 Å². The number of ether oxygens (including phenoxy) is 1. The Labute approximate surface area is 74.2 Å². The summed E-state index contributed by atoms with van der Waals surface area (Å²) in [6, 6.07) is 0. The Kier molecular flexibility index (Phi) is 1.97. The normalized spacial score (nSPS) is 27.4. The van der Waals surface area contributed by atoms with Crippen molar-refractivity contribution in [3.63, 3.8) is 0 Å². The number of rotatable bonds is 2. The van der Waals surface area contributed by atoms with E-state index in [0.29, 0.717) is 5.54 Å². The lowest BCUT2D eigenvalue weighted by Crippen LogP contribution is -2.47.